The van der Waals surface area contributed by atoms with Gasteiger partial charge in [-0.1, -0.05) is 19.9 Å². The van der Waals surface area contributed by atoms with Crippen LogP contribution < -0.4 is 0 Å². The molecular formula is C26H30N2O4. The highest BCUT2D eigenvalue weighted by molar-refractivity contribution is 5.89. The Morgan fingerprint density at radius 1 is 1.34 bits per heavy atom. The van der Waals surface area contributed by atoms with Gasteiger partial charge in [0.1, 0.15) is 11.8 Å². The Kier molecular flexibility index (Phi) is 3.00. The molecule has 0 aromatic carbocycles. The standard InChI is InChI=1S/C26H30N2O4/c1-13-15-9-16-19-24-7-4-6-23(2)12-28(19)26(31,22(23)24)11-25(16,18(24)17(15)29)20(13)32-21(30)14-5-3-8-27-10-14/h3,5,8,10,15-20,22,29,31H,1,4,6-7,9,11-12H2,2H3/t15-,16-,17+,18+,19?,20-,22-,23+,24+,25-,26+/m1/s1. The van der Waals surface area contributed by atoms with Gasteiger partial charge in [-0.05, 0) is 53.7 Å². The molecule has 4 heterocycles. The maximum Gasteiger partial charge on any atom is 0.340 e. The maximum atomic E-state index is 13.1. The first-order valence-electron chi connectivity index (χ1n) is 12.3. The number of aliphatic hydroxyl groups is 2. The summed E-state index contributed by atoms with van der Waals surface area (Å²) in [6.07, 6.45) is 7.15. The van der Waals surface area contributed by atoms with Gasteiger partial charge in [0.15, 0.2) is 0 Å². The SMILES string of the molecule is C=C1[C@H]2C[C@@H]3C4N5C[C@]6(C)CCC[C@@]47[C@@H]6[C@@]5(O)C[C@]3([C@@H]1OC(=O)c1cccnc1)[C@H]7[C@H]2O. The number of fused-ring (bicyclic) bond motifs is 1. The fourth-order valence-electron chi connectivity index (χ4n) is 11.4. The molecule has 10 rings (SSSR count). The first-order chi connectivity index (χ1) is 15.3. The fourth-order valence-corrected chi connectivity index (χ4v) is 11.4. The smallest absolute Gasteiger partial charge is 0.340 e. The molecule has 32 heavy (non-hydrogen) atoms. The van der Waals surface area contributed by atoms with Crippen molar-refractivity contribution < 1.29 is 19.7 Å². The number of aliphatic hydroxyl groups excluding tert-OH is 1. The van der Waals surface area contributed by atoms with Crippen LogP contribution in [-0.4, -0.2) is 56.6 Å². The second kappa shape index (κ2) is 5.16. The van der Waals surface area contributed by atoms with Gasteiger partial charge < -0.3 is 14.9 Å². The molecule has 3 saturated heterocycles. The molecule has 6 saturated carbocycles. The third-order valence-electron chi connectivity index (χ3n) is 11.5. The van der Waals surface area contributed by atoms with Gasteiger partial charge in [0.05, 0.1) is 11.7 Å². The minimum absolute atomic E-state index is 0.0291. The third-order valence-corrected chi connectivity index (χ3v) is 11.5. The van der Waals surface area contributed by atoms with E-state index in [-0.39, 0.29) is 40.6 Å². The molecule has 2 spiro atoms. The average Bonchev–Trinajstić information content (AvgIpc) is 3.13. The number of carbonyl (C=O) groups is 1. The Hall–Kier alpha value is -1.76. The summed E-state index contributed by atoms with van der Waals surface area (Å²) >= 11 is 0. The van der Waals surface area contributed by atoms with E-state index in [1.165, 1.54) is 0 Å². The van der Waals surface area contributed by atoms with Crippen molar-refractivity contribution in [1.82, 2.24) is 9.88 Å². The van der Waals surface area contributed by atoms with Crippen LogP contribution in [0.15, 0.2) is 36.7 Å². The molecule has 0 amide bonds. The summed E-state index contributed by atoms with van der Waals surface area (Å²) in [6, 6.07) is 3.76. The molecule has 6 aliphatic carbocycles. The summed E-state index contributed by atoms with van der Waals surface area (Å²) in [5.41, 5.74) is 0.0604. The fraction of sp³-hybridized carbons (Fsp3) is 0.692. The molecule has 1 aromatic heterocycles. The van der Waals surface area contributed by atoms with Crippen LogP contribution in [0.4, 0.5) is 0 Å². The van der Waals surface area contributed by atoms with Gasteiger partial charge in [-0.15, -0.1) is 0 Å². The van der Waals surface area contributed by atoms with Crippen molar-refractivity contribution in [2.24, 2.45) is 39.9 Å². The van der Waals surface area contributed by atoms with Gasteiger partial charge in [0.25, 0.3) is 0 Å². The summed E-state index contributed by atoms with van der Waals surface area (Å²) < 4.78 is 6.27. The van der Waals surface area contributed by atoms with Crippen LogP contribution in [-0.2, 0) is 4.74 Å². The van der Waals surface area contributed by atoms with E-state index in [1.807, 2.05) is 0 Å². The van der Waals surface area contributed by atoms with E-state index < -0.39 is 23.3 Å². The third kappa shape index (κ3) is 1.58. The number of rotatable bonds is 2. The monoisotopic (exact) mass is 434 g/mol. The molecule has 0 radical (unpaired) electrons. The Morgan fingerprint density at radius 3 is 2.97 bits per heavy atom. The van der Waals surface area contributed by atoms with Crippen molar-refractivity contribution in [3.05, 3.63) is 42.2 Å². The van der Waals surface area contributed by atoms with Crippen LogP contribution >= 0.6 is 0 Å². The van der Waals surface area contributed by atoms with E-state index in [9.17, 15) is 15.0 Å². The lowest BCUT2D eigenvalue weighted by Gasteiger charge is -2.67. The molecule has 6 heteroatoms. The highest BCUT2D eigenvalue weighted by Crippen LogP contribution is 2.89. The molecule has 9 aliphatic rings. The largest absolute Gasteiger partial charge is 0.454 e. The molecule has 3 aliphatic heterocycles. The van der Waals surface area contributed by atoms with Crippen LogP contribution in [0.5, 0.6) is 0 Å². The molecule has 1 aromatic rings. The summed E-state index contributed by atoms with van der Waals surface area (Å²) in [4.78, 5) is 19.7. The van der Waals surface area contributed by atoms with Crippen molar-refractivity contribution in [2.75, 3.05) is 6.54 Å². The number of carbonyl (C=O) groups excluding carboxylic acids is 1. The first-order valence-corrected chi connectivity index (χ1v) is 12.3. The van der Waals surface area contributed by atoms with Crippen molar-refractivity contribution in [1.29, 1.82) is 0 Å². The molecule has 9 bridgehead atoms. The number of hydrogen-bond donors (Lipinski definition) is 2. The van der Waals surface area contributed by atoms with Crippen molar-refractivity contribution in [3.8, 4) is 0 Å². The maximum absolute atomic E-state index is 13.1. The van der Waals surface area contributed by atoms with Crippen LogP contribution in [0.1, 0.15) is 49.4 Å². The summed E-state index contributed by atoms with van der Waals surface area (Å²) in [7, 11) is 0. The molecule has 2 unspecified atom stereocenters. The zero-order valence-electron chi connectivity index (χ0n) is 18.4. The van der Waals surface area contributed by atoms with Crippen LogP contribution in [0, 0.1) is 39.9 Å². The van der Waals surface area contributed by atoms with Crippen molar-refractivity contribution in [3.63, 3.8) is 0 Å². The Balaban J connectivity index is 1.30. The lowest BCUT2D eigenvalue weighted by Crippen LogP contribution is -2.72. The van der Waals surface area contributed by atoms with E-state index in [1.54, 1.807) is 24.5 Å². The van der Waals surface area contributed by atoms with Gasteiger partial charge >= 0.3 is 5.97 Å². The molecule has 6 nitrogen and oxygen atoms in total. The summed E-state index contributed by atoms with van der Waals surface area (Å²) in [6.45, 7) is 7.70. The lowest BCUT2D eigenvalue weighted by atomic mass is 9.39. The highest BCUT2D eigenvalue weighted by Gasteiger charge is 2.93. The van der Waals surface area contributed by atoms with E-state index in [4.69, 9.17) is 4.74 Å². The number of aromatic nitrogens is 1. The van der Waals surface area contributed by atoms with Gasteiger partial charge in [-0.3, -0.25) is 9.88 Å². The first kappa shape index (κ1) is 18.6. The number of esters is 1. The number of ether oxygens (including phenoxy) is 1. The predicted molar refractivity (Wildman–Crippen MR) is 114 cm³/mol. The Labute approximate surface area is 187 Å². The zero-order valence-corrected chi connectivity index (χ0v) is 18.4. The minimum Gasteiger partial charge on any atom is -0.454 e. The number of pyridine rings is 1. The normalized spacial score (nSPS) is 59.7. The van der Waals surface area contributed by atoms with Crippen LogP contribution in [0.25, 0.3) is 0 Å². The highest BCUT2D eigenvalue weighted by atomic mass is 16.5. The summed E-state index contributed by atoms with van der Waals surface area (Å²) in [5.74, 6) is 0.205. The predicted octanol–water partition coefficient (Wildman–Crippen LogP) is 2.37. The Morgan fingerprint density at radius 2 is 2.19 bits per heavy atom. The number of nitrogens with zero attached hydrogens (tertiary/aromatic N) is 2. The summed E-state index contributed by atoms with van der Waals surface area (Å²) in [5, 5.41) is 24.0. The second-order valence-corrected chi connectivity index (χ2v) is 12.3. The van der Waals surface area contributed by atoms with Gasteiger partial charge in [0, 0.05) is 54.6 Å². The van der Waals surface area contributed by atoms with E-state index in [0.29, 0.717) is 17.9 Å². The molecular weight excluding hydrogens is 404 g/mol. The van der Waals surface area contributed by atoms with Gasteiger partial charge in [0.2, 0.25) is 0 Å². The topological polar surface area (TPSA) is 82.9 Å². The molecule has 168 valence electrons. The average molecular weight is 435 g/mol. The van der Waals surface area contributed by atoms with Gasteiger partial charge in [-0.25, -0.2) is 4.79 Å². The van der Waals surface area contributed by atoms with Crippen LogP contribution in [0.2, 0.25) is 0 Å². The Bertz CT molecular complexity index is 1090. The minimum atomic E-state index is -0.851. The number of hydrogen-bond acceptors (Lipinski definition) is 6. The molecule has 2 N–H and O–H groups in total. The lowest BCUT2D eigenvalue weighted by molar-refractivity contribution is -0.271. The van der Waals surface area contributed by atoms with Crippen molar-refractivity contribution in [2.45, 2.75) is 63.0 Å². The second-order valence-electron chi connectivity index (χ2n) is 12.3. The quantitative estimate of drug-likeness (QED) is 0.549. The number of piperidine rings is 2. The van der Waals surface area contributed by atoms with Crippen molar-refractivity contribution >= 4 is 5.97 Å². The molecule has 12 atom stereocenters. The van der Waals surface area contributed by atoms with Crippen LogP contribution in [0.3, 0.4) is 0 Å². The van der Waals surface area contributed by atoms with Gasteiger partial charge in [-0.2, -0.15) is 0 Å². The van der Waals surface area contributed by atoms with E-state index >= 15 is 0 Å². The van der Waals surface area contributed by atoms with E-state index in [2.05, 4.69) is 23.4 Å². The van der Waals surface area contributed by atoms with E-state index in [0.717, 1.165) is 37.8 Å². The molecule has 9 fully saturated rings. The zero-order chi connectivity index (χ0) is 21.8.